The lowest BCUT2D eigenvalue weighted by atomic mass is 9.96. The van der Waals surface area contributed by atoms with Crippen LogP contribution in [0.15, 0.2) is 0 Å². The Kier molecular flexibility index (Phi) is 9.97. The third kappa shape index (κ3) is 7.02. The van der Waals surface area contributed by atoms with Crippen LogP contribution in [0.2, 0.25) is 0 Å². The number of hydrogen-bond acceptors (Lipinski definition) is 12. The van der Waals surface area contributed by atoms with E-state index in [2.05, 4.69) is 5.32 Å². The molecule has 13 nitrogen and oxygen atoms in total. The van der Waals surface area contributed by atoms with E-state index in [9.17, 15) is 30.3 Å². The fourth-order valence-electron chi connectivity index (χ4n) is 3.83. The van der Waals surface area contributed by atoms with Gasteiger partial charge in [0.1, 0.15) is 42.7 Å². The molecule has 2 saturated heterocycles. The molecule has 8 N–H and O–H groups in total. The molecule has 13 heteroatoms. The number of ether oxygens (including phenoxy) is 5. The van der Waals surface area contributed by atoms with Gasteiger partial charge in [-0.3, -0.25) is 4.79 Å². The maximum atomic E-state index is 11.6. The second-order valence-corrected chi connectivity index (χ2v) is 9.01. The molecule has 0 radical (unpaired) electrons. The van der Waals surface area contributed by atoms with Crippen molar-refractivity contribution in [3.05, 3.63) is 0 Å². The summed E-state index contributed by atoms with van der Waals surface area (Å²) in [5.74, 6) is -2.04. The van der Waals surface area contributed by atoms with Crippen molar-refractivity contribution in [2.45, 2.75) is 108 Å². The molecule has 0 aliphatic carbocycles. The lowest BCUT2D eigenvalue weighted by Crippen LogP contribution is -2.67. The molecule has 2 rings (SSSR count). The summed E-state index contributed by atoms with van der Waals surface area (Å²) in [6.07, 6.45) is -10.1. The molecule has 1 amide bonds. The normalized spacial score (nSPS) is 40.1. The van der Waals surface area contributed by atoms with Crippen LogP contribution >= 0.6 is 0 Å². The van der Waals surface area contributed by atoms with E-state index in [0.717, 1.165) is 0 Å². The third-order valence-corrected chi connectivity index (χ3v) is 5.38. The van der Waals surface area contributed by atoms with Crippen LogP contribution in [0.3, 0.4) is 0 Å². The molecule has 0 aromatic heterocycles. The standard InChI is InChI=1S/C20H38N2O11/c1-8(2)29-18-12(21)15(27)17(11(7-24)31-18)32-20(4,5)33-19-13(22-9(3)25)16(28)14(26)10(6-23)30-19/h8,10-19,23-24,26-28H,6-7,21H2,1-5H3,(H,22,25)/t10?,11?,12?,13?,14-,15?,16?,17-,18-,19+/m1/s1. The zero-order valence-corrected chi connectivity index (χ0v) is 19.5. The van der Waals surface area contributed by atoms with Crippen molar-refractivity contribution in [2.75, 3.05) is 13.2 Å². The second kappa shape index (κ2) is 11.6. The zero-order chi connectivity index (χ0) is 25.1. The summed E-state index contributed by atoms with van der Waals surface area (Å²) < 4.78 is 28.6. The highest BCUT2D eigenvalue weighted by molar-refractivity contribution is 5.73. The molecule has 0 bridgehead atoms. The molecule has 2 aliphatic heterocycles. The van der Waals surface area contributed by atoms with Crippen molar-refractivity contribution >= 4 is 5.91 Å². The van der Waals surface area contributed by atoms with Gasteiger partial charge in [-0.05, 0) is 27.7 Å². The molecule has 0 aromatic carbocycles. The van der Waals surface area contributed by atoms with Gasteiger partial charge in [-0.25, -0.2) is 0 Å². The van der Waals surface area contributed by atoms with Crippen molar-refractivity contribution in [3.63, 3.8) is 0 Å². The SMILES string of the molecule is CC(=O)NC1C(O)[C@H](O)C(CO)O[C@H]1OC(C)(C)O[C@@H]1C(CO)O[C@@H](OC(C)C)C(N)C1O. The van der Waals surface area contributed by atoms with Gasteiger partial charge in [0.15, 0.2) is 18.4 Å². The highest BCUT2D eigenvalue weighted by atomic mass is 16.8. The van der Waals surface area contributed by atoms with Gasteiger partial charge in [0.25, 0.3) is 0 Å². The number of aliphatic hydroxyl groups is 5. The first-order chi connectivity index (χ1) is 15.3. The van der Waals surface area contributed by atoms with Crippen LogP contribution in [0.4, 0.5) is 0 Å². The van der Waals surface area contributed by atoms with Crippen LogP contribution in [-0.2, 0) is 28.5 Å². The number of carbonyl (C=O) groups excluding carboxylic acids is 1. The first kappa shape index (κ1) is 28.3. The number of nitrogens with two attached hydrogens (primary N) is 1. The quantitative estimate of drug-likeness (QED) is 0.163. The van der Waals surface area contributed by atoms with Gasteiger partial charge in [-0.15, -0.1) is 0 Å². The van der Waals surface area contributed by atoms with Crippen molar-refractivity contribution in [1.29, 1.82) is 0 Å². The molecule has 0 saturated carbocycles. The molecule has 2 aliphatic rings. The smallest absolute Gasteiger partial charge is 0.217 e. The first-order valence-electron chi connectivity index (χ1n) is 10.9. The number of aliphatic hydroxyl groups excluding tert-OH is 5. The Hall–Kier alpha value is -0.970. The fourth-order valence-corrected chi connectivity index (χ4v) is 3.83. The van der Waals surface area contributed by atoms with Crippen LogP contribution < -0.4 is 11.1 Å². The average Bonchev–Trinajstić information content (AvgIpc) is 2.72. The van der Waals surface area contributed by atoms with Gasteiger partial charge < -0.3 is 60.3 Å². The second-order valence-electron chi connectivity index (χ2n) is 9.01. The molecular formula is C20H38N2O11. The van der Waals surface area contributed by atoms with E-state index >= 15 is 0 Å². The van der Waals surface area contributed by atoms with E-state index in [4.69, 9.17) is 29.4 Å². The third-order valence-electron chi connectivity index (χ3n) is 5.38. The van der Waals surface area contributed by atoms with E-state index < -0.39 is 86.2 Å². The molecular weight excluding hydrogens is 444 g/mol. The number of carbonyl (C=O) groups is 1. The summed E-state index contributed by atoms with van der Waals surface area (Å²) in [4.78, 5) is 11.6. The van der Waals surface area contributed by atoms with Gasteiger partial charge in [0.2, 0.25) is 5.91 Å². The largest absolute Gasteiger partial charge is 0.394 e. The van der Waals surface area contributed by atoms with Gasteiger partial charge in [-0.2, -0.15) is 0 Å². The number of nitrogens with one attached hydrogen (secondary N) is 1. The van der Waals surface area contributed by atoms with Crippen molar-refractivity contribution in [1.82, 2.24) is 5.32 Å². The molecule has 0 spiro atoms. The summed E-state index contributed by atoms with van der Waals surface area (Å²) in [7, 11) is 0. The van der Waals surface area contributed by atoms with Crippen molar-refractivity contribution in [2.24, 2.45) is 5.73 Å². The van der Waals surface area contributed by atoms with Gasteiger partial charge >= 0.3 is 0 Å². The molecule has 2 heterocycles. The van der Waals surface area contributed by atoms with Crippen molar-refractivity contribution in [3.8, 4) is 0 Å². The number of hydrogen-bond donors (Lipinski definition) is 7. The minimum atomic E-state index is -1.53. The maximum Gasteiger partial charge on any atom is 0.217 e. The van der Waals surface area contributed by atoms with Crippen LogP contribution in [0.1, 0.15) is 34.6 Å². The van der Waals surface area contributed by atoms with E-state index in [0.29, 0.717) is 0 Å². The van der Waals surface area contributed by atoms with Gasteiger partial charge in [-0.1, -0.05) is 0 Å². The van der Waals surface area contributed by atoms with Crippen LogP contribution in [-0.4, -0.2) is 118 Å². The Morgan fingerprint density at radius 1 is 1.00 bits per heavy atom. The number of rotatable bonds is 9. The average molecular weight is 483 g/mol. The lowest BCUT2D eigenvalue weighted by molar-refractivity contribution is -0.373. The van der Waals surface area contributed by atoms with Crippen LogP contribution in [0.25, 0.3) is 0 Å². The predicted octanol–water partition coefficient (Wildman–Crippen LogP) is -3.10. The molecule has 194 valence electrons. The Balaban J connectivity index is 2.17. The molecule has 2 fully saturated rings. The monoisotopic (exact) mass is 482 g/mol. The Morgan fingerprint density at radius 2 is 1.58 bits per heavy atom. The summed E-state index contributed by atoms with van der Waals surface area (Å²) in [5, 5.41) is 53.0. The predicted molar refractivity (Wildman–Crippen MR) is 111 cm³/mol. The fraction of sp³-hybridized carbons (Fsp3) is 0.950. The van der Waals surface area contributed by atoms with Gasteiger partial charge in [0.05, 0.1) is 25.4 Å². The molecule has 0 aromatic rings. The van der Waals surface area contributed by atoms with E-state index in [1.54, 1.807) is 13.8 Å². The first-order valence-corrected chi connectivity index (χ1v) is 10.9. The van der Waals surface area contributed by atoms with E-state index in [1.807, 2.05) is 0 Å². The Morgan fingerprint density at radius 3 is 2.09 bits per heavy atom. The summed E-state index contributed by atoms with van der Waals surface area (Å²) >= 11 is 0. The van der Waals surface area contributed by atoms with Crippen LogP contribution in [0, 0.1) is 0 Å². The lowest BCUT2D eigenvalue weighted by Gasteiger charge is -2.47. The minimum absolute atomic E-state index is 0.236. The zero-order valence-electron chi connectivity index (χ0n) is 19.5. The van der Waals surface area contributed by atoms with E-state index in [1.165, 1.54) is 20.8 Å². The number of amides is 1. The van der Waals surface area contributed by atoms with Crippen molar-refractivity contribution < 1.29 is 54.0 Å². The summed E-state index contributed by atoms with van der Waals surface area (Å²) in [6.45, 7) is 6.61. The Labute approximate surface area is 192 Å². The van der Waals surface area contributed by atoms with Crippen LogP contribution in [0.5, 0.6) is 0 Å². The topological polar surface area (TPSA) is 202 Å². The summed E-state index contributed by atoms with van der Waals surface area (Å²) in [6, 6.07) is -2.17. The van der Waals surface area contributed by atoms with Gasteiger partial charge in [0, 0.05) is 6.92 Å². The maximum absolute atomic E-state index is 11.6. The summed E-state index contributed by atoms with van der Waals surface area (Å²) in [5.41, 5.74) is 6.06. The molecule has 10 atom stereocenters. The highest BCUT2D eigenvalue weighted by Gasteiger charge is 2.50. The molecule has 33 heavy (non-hydrogen) atoms. The minimum Gasteiger partial charge on any atom is -0.394 e. The molecule has 6 unspecified atom stereocenters. The Bertz CT molecular complexity index is 635. The highest BCUT2D eigenvalue weighted by Crippen LogP contribution is 2.31. The van der Waals surface area contributed by atoms with E-state index in [-0.39, 0.29) is 6.10 Å².